The first-order chi connectivity index (χ1) is 17.0. The van der Waals surface area contributed by atoms with Crippen LogP contribution in [-0.2, 0) is 11.2 Å². The molecule has 0 spiro atoms. The van der Waals surface area contributed by atoms with Crippen LogP contribution in [0.5, 0.6) is 5.75 Å². The van der Waals surface area contributed by atoms with Crippen LogP contribution in [0.2, 0.25) is 0 Å². The van der Waals surface area contributed by atoms with Crippen molar-refractivity contribution < 1.29 is 18.7 Å². The Morgan fingerprint density at radius 3 is 2.60 bits per heavy atom. The van der Waals surface area contributed by atoms with E-state index in [4.69, 9.17) is 4.74 Å². The first-order valence-electron chi connectivity index (χ1n) is 12.0. The maximum Gasteiger partial charge on any atom is 0.254 e. The van der Waals surface area contributed by atoms with Crippen molar-refractivity contribution in [3.8, 4) is 5.75 Å². The number of benzene rings is 3. The maximum absolute atomic E-state index is 13.9. The lowest BCUT2D eigenvalue weighted by molar-refractivity contribution is -0.126. The normalized spacial score (nSPS) is 17.6. The van der Waals surface area contributed by atoms with Gasteiger partial charge in [-0.3, -0.25) is 9.59 Å². The van der Waals surface area contributed by atoms with Crippen LogP contribution in [0.3, 0.4) is 0 Å². The lowest BCUT2D eigenvalue weighted by Gasteiger charge is -2.39. The van der Waals surface area contributed by atoms with Crippen molar-refractivity contribution in [2.45, 2.75) is 32.2 Å². The molecule has 6 heteroatoms. The Kier molecular flexibility index (Phi) is 7.80. The van der Waals surface area contributed by atoms with E-state index < -0.39 is 5.82 Å². The molecule has 2 atom stereocenters. The van der Waals surface area contributed by atoms with Gasteiger partial charge in [-0.2, -0.15) is 0 Å². The van der Waals surface area contributed by atoms with E-state index in [0.29, 0.717) is 31.4 Å². The monoisotopic (exact) mass is 474 g/mol. The molecule has 0 saturated carbocycles. The van der Waals surface area contributed by atoms with Crippen molar-refractivity contribution in [3.05, 3.63) is 101 Å². The highest BCUT2D eigenvalue weighted by atomic mass is 19.1. The molecule has 2 amide bonds. The molecule has 4 rings (SSSR count). The van der Waals surface area contributed by atoms with E-state index in [2.05, 4.69) is 11.4 Å². The summed E-state index contributed by atoms with van der Waals surface area (Å²) in [5.74, 6) is -0.314. The SMILES string of the molecule is COc1ccccc1CCNC(=O)[C@@H]1CC[C@H](c2cccc(C)c2)N(C(=O)c2cccc(F)c2)C1. The third kappa shape index (κ3) is 5.88. The van der Waals surface area contributed by atoms with Crippen LogP contribution in [0.1, 0.15) is 45.9 Å². The minimum Gasteiger partial charge on any atom is -0.496 e. The fourth-order valence-electron chi connectivity index (χ4n) is 4.79. The number of ether oxygens (including phenoxy) is 1. The van der Waals surface area contributed by atoms with Crippen LogP contribution in [0.25, 0.3) is 0 Å². The van der Waals surface area contributed by atoms with Crippen molar-refractivity contribution in [3.63, 3.8) is 0 Å². The van der Waals surface area contributed by atoms with Gasteiger partial charge in [-0.05, 0) is 61.6 Å². The predicted octanol–water partition coefficient (Wildman–Crippen LogP) is 5.10. The summed E-state index contributed by atoms with van der Waals surface area (Å²) in [6, 6.07) is 21.4. The Labute approximate surface area is 205 Å². The summed E-state index contributed by atoms with van der Waals surface area (Å²) >= 11 is 0. The van der Waals surface area contributed by atoms with Gasteiger partial charge < -0.3 is 15.0 Å². The topological polar surface area (TPSA) is 58.6 Å². The van der Waals surface area contributed by atoms with Crippen LogP contribution < -0.4 is 10.1 Å². The predicted molar refractivity (Wildman–Crippen MR) is 134 cm³/mol. The second kappa shape index (κ2) is 11.2. The number of piperidine rings is 1. The van der Waals surface area contributed by atoms with E-state index in [0.717, 1.165) is 22.4 Å². The molecule has 1 fully saturated rings. The summed E-state index contributed by atoms with van der Waals surface area (Å²) in [6.45, 7) is 2.78. The van der Waals surface area contributed by atoms with Crippen LogP contribution in [-0.4, -0.2) is 36.9 Å². The van der Waals surface area contributed by atoms with E-state index in [-0.39, 0.29) is 30.3 Å². The number of hydrogen-bond acceptors (Lipinski definition) is 3. The number of hydrogen-bond donors (Lipinski definition) is 1. The number of nitrogens with one attached hydrogen (secondary N) is 1. The van der Waals surface area contributed by atoms with E-state index in [1.54, 1.807) is 18.1 Å². The first kappa shape index (κ1) is 24.5. The van der Waals surface area contributed by atoms with Crippen LogP contribution in [0, 0.1) is 18.7 Å². The number of halogens is 1. The number of para-hydroxylation sites is 1. The van der Waals surface area contributed by atoms with E-state index in [9.17, 15) is 14.0 Å². The molecule has 0 bridgehead atoms. The van der Waals surface area contributed by atoms with Gasteiger partial charge >= 0.3 is 0 Å². The summed E-state index contributed by atoms with van der Waals surface area (Å²) in [4.78, 5) is 28.3. The van der Waals surface area contributed by atoms with Gasteiger partial charge in [0.1, 0.15) is 11.6 Å². The van der Waals surface area contributed by atoms with E-state index in [1.165, 1.54) is 18.2 Å². The molecule has 182 valence electrons. The second-order valence-corrected chi connectivity index (χ2v) is 9.02. The summed E-state index contributed by atoms with van der Waals surface area (Å²) in [5, 5.41) is 3.03. The molecule has 5 nitrogen and oxygen atoms in total. The number of likely N-dealkylation sites (tertiary alicyclic amines) is 1. The molecule has 0 unspecified atom stereocenters. The fraction of sp³-hybridized carbons (Fsp3) is 0.310. The van der Waals surface area contributed by atoms with Gasteiger partial charge in [-0.1, -0.05) is 54.1 Å². The Hall–Kier alpha value is -3.67. The Morgan fingerprint density at radius 2 is 1.83 bits per heavy atom. The number of methoxy groups -OCH3 is 1. The number of nitrogens with zero attached hydrogens (tertiary/aromatic N) is 1. The average Bonchev–Trinajstić information content (AvgIpc) is 2.88. The van der Waals surface area contributed by atoms with Gasteiger partial charge in [0.15, 0.2) is 0 Å². The highest BCUT2D eigenvalue weighted by Gasteiger charge is 2.36. The molecule has 1 aliphatic rings. The van der Waals surface area contributed by atoms with Gasteiger partial charge in [0.25, 0.3) is 5.91 Å². The zero-order chi connectivity index (χ0) is 24.8. The van der Waals surface area contributed by atoms with Gasteiger partial charge in [0, 0.05) is 18.7 Å². The molecule has 0 aromatic heterocycles. The summed E-state index contributed by atoms with van der Waals surface area (Å²) in [5.41, 5.74) is 3.46. The molecule has 1 saturated heterocycles. The number of aryl methyl sites for hydroxylation is 1. The number of carbonyl (C=O) groups excluding carboxylic acids is 2. The molecule has 35 heavy (non-hydrogen) atoms. The van der Waals surface area contributed by atoms with Crippen molar-refractivity contribution in [2.24, 2.45) is 5.92 Å². The standard InChI is InChI=1S/C29H31FN2O3/c1-20-7-5-9-22(17-20)26-14-13-24(19-32(26)29(34)23-10-6-11-25(30)18-23)28(33)31-16-15-21-8-3-4-12-27(21)35-2/h3-12,17-18,24,26H,13-16,19H2,1-2H3,(H,31,33)/t24-,26-/m1/s1. The molecular weight excluding hydrogens is 443 g/mol. The van der Waals surface area contributed by atoms with Gasteiger partial charge in [0.05, 0.1) is 19.1 Å². The number of carbonyl (C=O) groups is 2. The average molecular weight is 475 g/mol. The van der Waals surface area contributed by atoms with Crippen molar-refractivity contribution >= 4 is 11.8 Å². The third-order valence-corrected chi connectivity index (χ3v) is 6.60. The molecule has 1 N–H and O–H groups in total. The second-order valence-electron chi connectivity index (χ2n) is 9.02. The van der Waals surface area contributed by atoms with Crippen molar-refractivity contribution in [2.75, 3.05) is 20.2 Å². The number of amides is 2. The third-order valence-electron chi connectivity index (χ3n) is 6.60. The largest absolute Gasteiger partial charge is 0.496 e. The van der Waals surface area contributed by atoms with Gasteiger partial charge in [-0.25, -0.2) is 4.39 Å². The lowest BCUT2D eigenvalue weighted by Crippen LogP contribution is -2.47. The van der Waals surface area contributed by atoms with Crippen molar-refractivity contribution in [1.82, 2.24) is 10.2 Å². The van der Waals surface area contributed by atoms with Gasteiger partial charge in [-0.15, -0.1) is 0 Å². The fourth-order valence-corrected chi connectivity index (χ4v) is 4.79. The quantitative estimate of drug-likeness (QED) is 0.519. The van der Waals surface area contributed by atoms with Crippen LogP contribution in [0.4, 0.5) is 4.39 Å². The van der Waals surface area contributed by atoms with Crippen LogP contribution in [0.15, 0.2) is 72.8 Å². The van der Waals surface area contributed by atoms with Gasteiger partial charge in [0.2, 0.25) is 5.91 Å². The minimum absolute atomic E-state index is 0.0698. The lowest BCUT2D eigenvalue weighted by atomic mass is 9.87. The molecule has 1 aliphatic heterocycles. The molecular formula is C29H31FN2O3. The molecule has 3 aromatic carbocycles. The maximum atomic E-state index is 13.9. The Bertz CT molecular complexity index is 1200. The Balaban J connectivity index is 1.48. The Morgan fingerprint density at radius 1 is 1.03 bits per heavy atom. The van der Waals surface area contributed by atoms with E-state index in [1.807, 2.05) is 49.4 Å². The first-order valence-corrected chi connectivity index (χ1v) is 12.0. The summed E-state index contributed by atoms with van der Waals surface area (Å²) in [6.07, 6.45) is 1.99. The molecule has 3 aromatic rings. The molecule has 0 radical (unpaired) electrons. The zero-order valence-electron chi connectivity index (χ0n) is 20.2. The highest BCUT2D eigenvalue weighted by Crippen LogP contribution is 2.35. The van der Waals surface area contributed by atoms with Crippen molar-refractivity contribution in [1.29, 1.82) is 0 Å². The molecule has 1 heterocycles. The van der Waals surface area contributed by atoms with Crippen LogP contribution >= 0.6 is 0 Å². The van der Waals surface area contributed by atoms with E-state index >= 15 is 0 Å². The summed E-state index contributed by atoms with van der Waals surface area (Å²) in [7, 11) is 1.63. The minimum atomic E-state index is -0.453. The highest BCUT2D eigenvalue weighted by molar-refractivity contribution is 5.95. The summed E-state index contributed by atoms with van der Waals surface area (Å²) < 4.78 is 19.3. The molecule has 0 aliphatic carbocycles. The number of rotatable bonds is 7. The zero-order valence-corrected chi connectivity index (χ0v) is 20.2. The smallest absolute Gasteiger partial charge is 0.254 e.